The summed E-state index contributed by atoms with van der Waals surface area (Å²) in [6.07, 6.45) is 3.66. The number of hydrogen-bond acceptors (Lipinski definition) is 2. The first kappa shape index (κ1) is 13.0. The predicted octanol–water partition coefficient (Wildman–Crippen LogP) is 2.75. The van der Waals surface area contributed by atoms with Gasteiger partial charge in [0.25, 0.3) is 0 Å². The Kier molecular flexibility index (Phi) is 4.33. The van der Waals surface area contributed by atoms with Crippen LogP contribution in [0.4, 0.5) is 0 Å². The van der Waals surface area contributed by atoms with Crippen molar-refractivity contribution >= 4 is 50.4 Å². The molecule has 0 atom stereocenters. The van der Waals surface area contributed by atoms with Crippen molar-refractivity contribution in [3.05, 3.63) is 34.4 Å². The molecule has 94 valence electrons. The lowest BCUT2D eigenvalue weighted by atomic mass is 10.2. The minimum absolute atomic E-state index is 0.523. The monoisotopic (exact) mass is 324 g/mol. The second-order valence-electron chi connectivity index (χ2n) is 3.66. The molecule has 0 bridgehead atoms. The Bertz CT molecular complexity index is 591. The van der Waals surface area contributed by atoms with Crippen LogP contribution in [0.2, 0.25) is 0 Å². The Morgan fingerprint density at radius 1 is 1.56 bits per heavy atom. The molecule has 0 amide bonds. The van der Waals surface area contributed by atoms with Gasteiger partial charge in [0.1, 0.15) is 0 Å². The molecule has 2 rings (SSSR count). The number of nitrogens with one attached hydrogen (secondary N) is 3. The molecule has 3 N–H and O–H groups in total. The van der Waals surface area contributed by atoms with Crippen LogP contribution in [0.1, 0.15) is 12.5 Å². The molecule has 0 radical (unpaired) electrons. The predicted molar refractivity (Wildman–Crippen MR) is 83.0 cm³/mol. The highest BCUT2D eigenvalue weighted by Crippen LogP contribution is 2.21. The van der Waals surface area contributed by atoms with E-state index in [2.05, 4.69) is 42.8 Å². The lowest BCUT2D eigenvalue weighted by Gasteiger charge is -2.02. The number of aromatic amines is 1. The molecule has 18 heavy (non-hydrogen) atoms. The Labute approximate surface area is 119 Å². The first-order valence-electron chi connectivity index (χ1n) is 5.54. The van der Waals surface area contributed by atoms with E-state index in [0.717, 1.165) is 27.5 Å². The fourth-order valence-corrected chi connectivity index (χ4v) is 2.14. The summed E-state index contributed by atoms with van der Waals surface area (Å²) in [7, 11) is 0. The summed E-state index contributed by atoms with van der Waals surface area (Å²) in [4.78, 5) is 3.19. The number of rotatable bonds is 3. The van der Waals surface area contributed by atoms with Crippen LogP contribution in [0.15, 0.2) is 34.0 Å². The third kappa shape index (κ3) is 3.08. The zero-order valence-electron chi connectivity index (χ0n) is 9.83. The Hall–Kier alpha value is -1.40. The molecular formula is C12H13BrN4S. The maximum absolute atomic E-state index is 5.01. The quantitative estimate of drug-likeness (QED) is 0.462. The number of benzene rings is 1. The molecule has 0 aliphatic rings. The first-order chi connectivity index (χ1) is 8.70. The van der Waals surface area contributed by atoms with Gasteiger partial charge in [-0.3, -0.25) is 5.43 Å². The number of aromatic nitrogens is 1. The summed E-state index contributed by atoms with van der Waals surface area (Å²) >= 11 is 8.47. The molecule has 1 aromatic carbocycles. The first-order valence-corrected chi connectivity index (χ1v) is 6.74. The summed E-state index contributed by atoms with van der Waals surface area (Å²) in [5.74, 6) is 0. The van der Waals surface area contributed by atoms with E-state index in [0.29, 0.717) is 5.11 Å². The summed E-state index contributed by atoms with van der Waals surface area (Å²) in [6.45, 7) is 2.76. The van der Waals surface area contributed by atoms with Crippen molar-refractivity contribution in [1.82, 2.24) is 15.7 Å². The molecule has 0 fully saturated rings. The van der Waals surface area contributed by atoms with E-state index >= 15 is 0 Å². The number of nitrogens with zero attached hydrogens (tertiary/aromatic N) is 1. The molecule has 0 unspecified atom stereocenters. The van der Waals surface area contributed by atoms with Gasteiger partial charge < -0.3 is 10.3 Å². The number of thiocarbonyl (C=S) groups is 1. The van der Waals surface area contributed by atoms with Crippen LogP contribution in [-0.2, 0) is 0 Å². The minimum Gasteiger partial charge on any atom is -0.362 e. The van der Waals surface area contributed by atoms with Gasteiger partial charge in [-0.15, -0.1) is 0 Å². The molecule has 2 aromatic rings. The molecule has 1 heterocycles. The van der Waals surface area contributed by atoms with E-state index < -0.39 is 0 Å². The number of hydrogen-bond donors (Lipinski definition) is 3. The SMILES string of the molecule is CCNC(=S)N/N=C\c1c[nH]c2ccc(Br)cc12. The van der Waals surface area contributed by atoms with Crippen LogP contribution < -0.4 is 10.7 Å². The van der Waals surface area contributed by atoms with Gasteiger partial charge in [-0.05, 0) is 37.3 Å². The highest BCUT2D eigenvalue weighted by atomic mass is 79.9. The Morgan fingerprint density at radius 3 is 3.17 bits per heavy atom. The lowest BCUT2D eigenvalue weighted by Crippen LogP contribution is -2.31. The average Bonchev–Trinajstić information content (AvgIpc) is 2.72. The summed E-state index contributed by atoms with van der Waals surface area (Å²) in [5.41, 5.74) is 4.86. The van der Waals surface area contributed by atoms with E-state index in [4.69, 9.17) is 12.2 Å². The fourth-order valence-electron chi connectivity index (χ4n) is 1.58. The second-order valence-corrected chi connectivity index (χ2v) is 4.99. The lowest BCUT2D eigenvalue weighted by molar-refractivity contribution is 0.904. The topological polar surface area (TPSA) is 52.2 Å². The van der Waals surface area contributed by atoms with Gasteiger partial charge >= 0.3 is 0 Å². The third-order valence-electron chi connectivity index (χ3n) is 2.38. The summed E-state index contributed by atoms with van der Waals surface area (Å²) in [6, 6.07) is 6.07. The van der Waals surface area contributed by atoms with Crippen LogP contribution in [0.3, 0.4) is 0 Å². The highest BCUT2D eigenvalue weighted by Gasteiger charge is 2.01. The van der Waals surface area contributed by atoms with Crippen LogP contribution >= 0.6 is 28.1 Å². The molecular weight excluding hydrogens is 312 g/mol. The zero-order valence-corrected chi connectivity index (χ0v) is 12.2. The van der Waals surface area contributed by atoms with E-state index in [-0.39, 0.29) is 0 Å². The van der Waals surface area contributed by atoms with Crippen molar-refractivity contribution in [1.29, 1.82) is 0 Å². The summed E-state index contributed by atoms with van der Waals surface area (Å²) < 4.78 is 1.04. The van der Waals surface area contributed by atoms with Crippen molar-refractivity contribution in [2.45, 2.75) is 6.92 Å². The van der Waals surface area contributed by atoms with Gasteiger partial charge in [-0.2, -0.15) is 5.10 Å². The molecule has 1 aromatic heterocycles. The van der Waals surface area contributed by atoms with Crippen LogP contribution in [0, 0.1) is 0 Å². The standard InChI is InChI=1S/C12H13BrN4S/c1-2-14-12(18)17-16-7-8-6-15-11-4-3-9(13)5-10(8)11/h3-7,15H,2H2,1H3,(H2,14,17,18)/b16-7-. The van der Waals surface area contributed by atoms with Gasteiger partial charge in [0.05, 0.1) is 6.21 Å². The van der Waals surface area contributed by atoms with Gasteiger partial charge in [-0.1, -0.05) is 15.9 Å². The van der Waals surface area contributed by atoms with Gasteiger partial charge in [0.15, 0.2) is 5.11 Å². The second kappa shape index (κ2) is 5.97. The maximum atomic E-state index is 5.01. The van der Waals surface area contributed by atoms with Crippen LogP contribution in [0.5, 0.6) is 0 Å². The highest BCUT2D eigenvalue weighted by molar-refractivity contribution is 9.10. The van der Waals surface area contributed by atoms with Crippen molar-refractivity contribution < 1.29 is 0 Å². The molecule has 0 saturated heterocycles. The molecule has 4 nitrogen and oxygen atoms in total. The summed E-state index contributed by atoms with van der Waals surface area (Å²) in [5, 5.41) is 8.70. The van der Waals surface area contributed by atoms with Crippen molar-refractivity contribution in [3.63, 3.8) is 0 Å². The molecule has 0 aliphatic heterocycles. The number of H-pyrrole nitrogens is 1. The zero-order chi connectivity index (χ0) is 13.0. The van der Waals surface area contributed by atoms with Gasteiger partial charge in [0.2, 0.25) is 0 Å². The minimum atomic E-state index is 0.523. The third-order valence-corrected chi connectivity index (χ3v) is 3.11. The molecule has 0 aliphatic carbocycles. The molecule has 6 heteroatoms. The van der Waals surface area contributed by atoms with E-state index in [9.17, 15) is 0 Å². The van der Waals surface area contributed by atoms with E-state index in [1.54, 1.807) is 6.21 Å². The number of halogens is 1. The van der Waals surface area contributed by atoms with Crippen LogP contribution in [0.25, 0.3) is 10.9 Å². The maximum Gasteiger partial charge on any atom is 0.186 e. The largest absolute Gasteiger partial charge is 0.362 e. The van der Waals surface area contributed by atoms with Gasteiger partial charge in [0, 0.05) is 33.7 Å². The normalized spacial score (nSPS) is 11.0. The number of fused-ring (bicyclic) bond motifs is 1. The Balaban J connectivity index is 2.14. The van der Waals surface area contributed by atoms with E-state index in [1.165, 1.54) is 0 Å². The smallest absolute Gasteiger partial charge is 0.186 e. The molecule has 0 spiro atoms. The average molecular weight is 325 g/mol. The Morgan fingerprint density at radius 2 is 2.39 bits per heavy atom. The van der Waals surface area contributed by atoms with E-state index in [1.807, 2.05) is 25.3 Å². The molecule has 0 saturated carbocycles. The number of hydrazone groups is 1. The fraction of sp³-hybridized carbons (Fsp3) is 0.167. The van der Waals surface area contributed by atoms with Crippen molar-refractivity contribution in [3.8, 4) is 0 Å². The van der Waals surface area contributed by atoms with Crippen LogP contribution in [-0.4, -0.2) is 22.9 Å². The van der Waals surface area contributed by atoms with Crippen molar-refractivity contribution in [2.75, 3.05) is 6.54 Å². The van der Waals surface area contributed by atoms with Gasteiger partial charge in [-0.25, -0.2) is 0 Å². The van der Waals surface area contributed by atoms with Crippen molar-refractivity contribution in [2.24, 2.45) is 5.10 Å².